The van der Waals surface area contributed by atoms with Crippen LogP contribution < -0.4 is 5.32 Å². The fourth-order valence-electron chi connectivity index (χ4n) is 2.66. The van der Waals surface area contributed by atoms with Gasteiger partial charge in [0.1, 0.15) is 5.69 Å². The van der Waals surface area contributed by atoms with Gasteiger partial charge in [-0.05, 0) is 32.4 Å². The standard InChI is InChI=1S/C13H19N3O/c1-2-3-13(4-6-14-7-5-13)12(17)11-10-15-8-9-16-11/h8-10,14H,2-7H2,1H3. The number of nitrogens with zero attached hydrogens (tertiary/aromatic N) is 2. The molecule has 0 unspecified atom stereocenters. The van der Waals surface area contributed by atoms with Gasteiger partial charge in [0.25, 0.3) is 0 Å². The van der Waals surface area contributed by atoms with Crippen LogP contribution in [0.2, 0.25) is 0 Å². The van der Waals surface area contributed by atoms with Crippen LogP contribution in [0, 0.1) is 5.41 Å². The van der Waals surface area contributed by atoms with Crippen LogP contribution in [0.1, 0.15) is 43.1 Å². The Balaban J connectivity index is 2.24. The third kappa shape index (κ3) is 2.52. The Morgan fingerprint density at radius 3 is 2.76 bits per heavy atom. The molecular weight excluding hydrogens is 214 g/mol. The van der Waals surface area contributed by atoms with Crippen LogP contribution in [0.3, 0.4) is 0 Å². The predicted octanol–water partition coefficient (Wildman–Crippen LogP) is 1.83. The van der Waals surface area contributed by atoms with Gasteiger partial charge in [-0.2, -0.15) is 0 Å². The fraction of sp³-hybridized carbons (Fsp3) is 0.615. The van der Waals surface area contributed by atoms with Gasteiger partial charge < -0.3 is 5.32 Å². The molecule has 0 bridgehead atoms. The van der Waals surface area contributed by atoms with Gasteiger partial charge in [-0.1, -0.05) is 13.3 Å². The Bertz CT molecular complexity index is 366. The van der Waals surface area contributed by atoms with Crippen LogP contribution in [0.15, 0.2) is 18.6 Å². The van der Waals surface area contributed by atoms with Crippen LogP contribution in [0.5, 0.6) is 0 Å². The Kier molecular flexibility index (Phi) is 3.84. The van der Waals surface area contributed by atoms with E-state index >= 15 is 0 Å². The van der Waals surface area contributed by atoms with Crippen molar-refractivity contribution >= 4 is 5.78 Å². The van der Waals surface area contributed by atoms with Gasteiger partial charge in [0.2, 0.25) is 0 Å². The molecule has 1 N–H and O–H groups in total. The molecule has 4 heteroatoms. The maximum Gasteiger partial charge on any atom is 0.188 e. The number of aromatic nitrogens is 2. The number of nitrogens with one attached hydrogen (secondary N) is 1. The average Bonchev–Trinajstić information content (AvgIpc) is 2.40. The van der Waals surface area contributed by atoms with E-state index in [1.54, 1.807) is 18.6 Å². The Morgan fingerprint density at radius 1 is 1.41 bits per heavy atom. The van der Waals surface area contributed by atoms with Crippen LogP contribution >= 0.6 is 0 Å². The Labute approximate surface area is 102 Å². The van der Waals surface area contributed by atoms with Gasteiger partial charge in [-0.25, -0.2) is 4.98 Å². The van der Waals surface area contributed by atoms with Crippen molar-refractivity contribution in [2.75, 3.05) is 13.1 Å². The highest BCUT2D eigenvalue weighted by Gasteiger charge is 2.39. The predicted molar refractivity (Wildman–Crippen MR) is 65.8 cm³/mol. The molecule has 17 heavy (non-hydrogen) atoms. The first kappa shape index (κ1) is 12.2. The van der Waals surface area contributed by atoms with E-state index < -0.39 is 0 Å². The van der Waals surface area contributed by atoms with Gasteiger partial charge in [0.05, 0.1) is 6.20 Å². The molecular formula is C13H19N3O. The second kappa shape index (κ2) is 5.36. The van der Waals surface area contributed by atoms with Crippen molar-refractivity contribution in [1.82, 2.24) is 15.3 Å². The fourth-order valence-corrected chi connectivity index (χ4v) is 2.66. The van der Waals surface area contributed by atoms with Crippen LogP contribution in [0.4, 0.5) is 0 Å². The summed E-state index contributed by atoms with van der Waals surface area (Å²) in [5, 5.41) is 3.32. The minimum atomic E-state index is -0.212. The van der Waals surface area contributed by atoms with Crippen molar-refractivity contribution in [3.8, 4) is 0 Å². The summed E-state index contributed by atoms with van der Waals surface area (Å²) in [4.78, 5) is 20.7. The minimum Gasteiger partial charge on any atom is -0.317 e. The SMILES string of the molecule is CCCC1(C(=O)c2cnccn2)CCNCC1. The lowest BCUT2D eigenvalue weighted by molar-refractivity contribution is 0.0698. The van der Waals surface area contributed by atoms with Gasteiger partial charge in [-0.3, -0.25) is 9.78 Å². The number of hydrogen-bond donors (Lipinski definition) is 1. The number of carbonyl (C=O) groups excluding carboxylic acids is 1. The van der Waals surface area contributed by atoms with E-state index in [4.69, 9.17) is 0 Å². The topological polar surface area (TPSA) is 54.9 Å². The lowest BCUT2D eigenvalue weighted by Crippen LogP contribution is -2.42. The summed E-state index contributed by atoms with van der Waals surface area (Å²) in [6.45, 7) is 3.98. The Hall–Kier alpha value is -1.29. The summed E-state index contributed by atoms with van der Waals surface area (Å²) in [5.41, 5.74) is 0.304. The molecule has 2 heterocycles. The molecule has 0 radical (unpaired) electrons. The highest BCUT2D eigenvalue weighted by atomic mass is 16.1. The van der Waals surface area contributed by atoms with E-state index in [2.05, 4.69) is 22.2 Å². The molecule has 0 spiro atoms. The number of carbonyl (C=O) groups is 1. The minimum absolute atomic E-state index is 0.175. The molecule has 1 aliphatic heterocycles. The first-order chi connectivity index (χ1) is 8.28. The first-order valence-electron chi connectivity index (χ1n) is 6.30. The largest absolute Gasteiger partial charge is 0.317 e. The van der Waals surface area contributed by atoms with Crippen LogP contribution in [0.25, 0.3) is 0 Å². The molecule has 0 amide bonds. The average molecular weight is 233 g/mol. The molecule has 0 aromatic carbocycles. The van der Waals surface area contributed by atoms with Crippen LogP contribution in [-0.2, 0) is 0 Å². The lowest BCUT2D eigenvalue weighted by Gasteiger charge is -2.35. The van der Waals surface area contributed by atoms with E-state index in [1.807, 2.05) is 0 Å². The molecule has 4 nitrogen and oxygen atoms in total. The summed E-state index contributed by atoms with van der Waals surface area (Å²) in [6.07, 6.45) is 8.59. The molecule has 1 fully saturated rings. The summed E-state index contributed by atoms with van der Waals surface area (Å²) < 4.78 is 0. The van der Waals surface area contributed by atoms with Crippen molar-refractivity contribution in [2.24, 2.45) is 5.41 Å². The van der Waals surface area contributed by atoms with Gasteiger partial charge >= 0.3 is 0 Å². The normalized spacial score (nSPS) is 18.9. The third-order valence-corrected chi connectivity index (χ3v) is 3.57. The molecule has 1 saturated heterocycles. The lowest BCUT2D eigenvalue weighted by atomic mass is 9.71. The van der Waals surface area contributed by atoms with E-state index in [0.717, 1.165) is 38.8 Å². The molecule has 1 aromatic rings. The maximum atomic E-state index is 12.6. The van der Waals surface area contributed by atoms with E-state index in [9.17, 15) is 4.79 Å². The molecule has 1 aromatic heterocycles. The maximum absolute atomic E-state index is 12.6. The first-order valence-corrected chi connectivity index (χ1v) is 6.30. The second-order valence-electron chi connectivity index (χ2n) is 4.70. The number of hydrogen-bond acceptors (Lipinski definition) is 4. The third-order valence-electron chi connectivity index (χ3n) is 3.57. The van der Waals surface area contributed by atoms with E-state index in [0.29, 0.717) is 5.69 Å². The smallest absolute Gasteiger partial charge is 0.188 e. The number of rotatable bonds is 4. The molecule has 2 rings (SSSR count). The van der Waals surface area contributed by atoms with Gasteiger partial charge in [0, 0.05) is 17.8 Å². The zero-order chi connectivity index (χ0) is 12.1. The summed E-state index contributed by atoms with van der Waals surface area (Å²) in [7, 11) is 0. The van der Waals surface area contributed by atoms with E-state index in [1.165, 1.54) is 0 Å². The van der Waals surface area contributed by atoms with Crippen molar-refractivity contribution in [3.05, 3.63) is 24.3 Å². The van der Waals surface area contributed by atoms with Gasteiger partial charge in [0.15, 0.2) is 5.78 Å². The van der Waals surface area contributed by atoms with Crippen molar-refractivity contribution < 1.29 is 4.79 Å². The van der Waals surface area contributed by atoms with Crippen molar-refractivity contribution in [3.63, 3.8) is 0 Å². The summed E-state index contributed by atoms with van der Waals surface area (Å²) >= 11 is 0. The Morgan fingerprint density at radius 2 is 2.18 bits per heavy atom. The molecule has 0 atom stereocenters. The highest BCUT2D eigenvalue weighted by Crippen LogP contribution is 2.36. The quantitative estimate of drug-likeness (QED) is 0.806. The van der Waals surface area contributed by atoms with Crippen molar-refractivity contribution in [1.29, 1.82) is 0 Å². The number of Topliss-reactive ketones (excluding diaryl/α,β-unsaturated/α-hetero) is 1. The van der Waals surface area contributed by atoms with E-state index in [-0.39, 0.29) is 11.2 Å². The van der Waals surface area contributed by atoms with Crippen LogP contribution in [-0.4, -0.2) is 28.8 Å². The molecule has 92 valence electrons. The monoisotopic (exact) mass is 233 g/mol. The highest BCUT2D eigenvalue weighted by molar-refractivity contribution is 5.98. The number of ketones is 1. The molecule has 1 aliphatic rings. The molecule has 0 saturated carbocycles. The molecule has 0 aliphatic carbocycles. The zero-order valence-electron chi connectivity index (χ0n) is 10.3. The number of piperidine rings is 1. The summed E-state index contributed by atoms with van der Waals surface area (Å²) in [6, 6.07) is 0. The van der Waals surface area contributed by atoms with Gasteiger partial charge in [-0.15, -0.1) is 0 Å². The summed E-state index contributed by atoms with van der Waals surface area (Å²) in [5.74, 6) is 0.175. The zero-order valence-corrected chi connectivity index (χ0v) is 10.3. The second-order valence-corrected chi connectivity index (χ2v) is 4.70. The van der Waals surface area contributed by atoms with Crippen molar-refractivity contribution in [2.45, 2.75) is 32.6 Å².